The molecule has 0 aliphatic rings. The van der Waals surface area contributed by atoms with Crippen LogP contribution in [0.3, 0.4) is 0 Å². The van der Waals surface area contributed by atoms with Crippen molar-refractivity contribution in [2.24, 2.45) is 5.73 Å². The highest BCUT2D eigenvalue weighted by Gasteiger charge is 2.14. The molecule has 0 aromatic carbocycles. The third-order valence-corrected chi connectivity index (χ3v) is 10.2. The lowest BCUT2D eigenvalue weighted by atomic mass is 10.0. The summed E-state index contributed by atoms with van der Waals surface area (Å²) >= 11 is 0. The molecule has 0 aromatic heterocycles. The van der Waals surface area contributed by atoms with E-state index in [4.69, 9.17) is 15.2 Å². The zero-order valence-corrected chi connectivity index (χ0v) is 34.1. The Morgan fingerprint density at radius 1 is 0.460 bits per heavy atom. The maximum atomic E-state index is 12.7. The smallest absolute Gasteiger partial charge is 0.306 e. The van der Waals surface area contributed by atoms with Crippen molar-refractivity contribution < 1.29 is 19.1 Å². The minimum absolute atomic E-state index is 0.0160. The van der Waals surface area contributed by atoms with E-state index in [2.05, 4.69) is 25.7 Å². The van der Waals surface area contributed by atoms with Crippen LogP contribution in [0.25, 0.3) is 0 Å². The van der Waals surface area contributed by atoms with Crippen molar-refractivity contribution in [3.05, 3.63) is 0 Å². The second-order valence-corrected chi connectivity index (χ2v) is 15.2. The molecule has 0 bridgehead atoms. The molecule has 0 rings (SSSR count). The van der Waals surface area contributed by atoms with Gasteiger partial charge in [0.05, 0.1) is 6.61 Å². The Bertz CT molecular complexity index is 688. The number of rotatable bonds is 41. The van der Waals surface area contributed by atoms with Crippen molar-refractivity contribution in [3.63, 3.8) is 0 Å². The van der Waals surface area contributed by atoms with Crippen LogP contribution in [0.2, 0.25) is 0 Å². The van der Waals surface area contributed by atoms with Gasteiger partial charge in [0.25, 0.3) is 0 Å². The fourth-order valence-corrected chi connectivity index (χ4v) is 6.87. The molecule has 0 fully saturated rings. The molecule has 0 aliphatic carbocycles. The van der Waals surface area contributed by atoms with Crippen molar-refractivity contribution in [3.8, 4) is 0 Å². The number of carbonyl (C=O) groups is 2. The highest BCUT2D eigenvalue weighted by atomic mass is 16.5. The molecule has 0 amide bonds. The standard InChI is InChI=1S/C44H88N2O4/c1-4-7-10-13-18-25-33-42(34-26-19-14-11-8-5-2)50-44(48)36-28-21-17-23-30-39-46(40-32-37-45)38-29-22-16-20-27-35-43(47)49-41-31-24-15-12-9-6-3/h42H,4-41,45H2,1-3H3. The topological polar surface area (TPSA) is 81.9 Å². The van der Waals surface area contributed by atoms with Crippen LogP contribution in [0.5, 0.6) is 0 Å². The molecule has 0 atom stereocenters. The summed E-state index contributed by atoms with van der Waals surface area (Å²) in [6, 6.07) is 0. The molecule has 0 radical (unpaired) electrons. The summed E-state index contributed by atoms with van der Waals surface area (Å²) in [6.45, 7) is 11.5. The van der Waals surface area contributed by atoms with Crippen LogP contribution in [0.4, 0.5) is 0 Å². The lowest BCUT2D eigenvalue weighted by molar-refractivity contribution is -0.150. The maximum absolute atomic E-state index is 12.7. The highest BCUT2D eigenvalue weighted by molar-refractivity contribution is 5.69. The van der Waals surface area contributed by atoms with Gasteiger partial charge in [0.2, 0.25) is 0 Å². The molecule has 298 valence electrons. The molecule has 0 unspecified atom stereocenters. The van der Waals surface area contributed by atoms with Gasteiger partial charge in [0.15, 0.2) is 0 Å². The number of hydrogen-bond acceptors (Lipinski definition) is 6. The summed E-state index contributed by atoms with van der Waals surface area (Å²) in [7, 11) is 0. The number of nitrogens with two attached hydrogens (primary N) is 1. The van der Waals surface area contributed by atoms with Gasteiger partial charge in [-0.25, -0.2) is 0 Å². The monoisotopic (exact) mass is 709 g/mol. The fourth-order valence-electron chi connectivity index (χ4n) is 6.87. The van der Waals surface area contributed by atoms with E-state index < -0.39 is 0 Å². The molecular formula is C44H88N2O4. The van der Waals surface area contributed by atoms with Crippen LogP contribution in [-0.2, 0) is 19.1 Å². The van der Waals surface area contributed by atoms with Crippen LogP contribution in [0.15, 0.2) is 0 Å². The van der Waals surface area contributed by atoms with Crippen LogP contribution in [-0.4, -0.2) is 55.7 Å². The molecule has 0 saturated carbocycles. The molecule has 0 aromatic rings. The molecule has 0 saturated heterocycles. The van der Waals surface area contributed by atoms with Gasteiger partial charge in [-0.05, 0) is 90.4 Å². The van der Waals surface area contributed by atoms with Gasteiger partial charge in [-0.2, -0.15) is 0 Å². The van der Waals surface area contributed by atoms with Gasteiger partial charge in [-0.1, -0.05) is 156 Å². The SMILES string of the molecule is CCCCCCCCOC(=O)CCCCCCCN(CCCN)CCCCCCCC(=O)OC(CCCCCCCC)CCCCCCCC. The zero-order valence-electron chi connectivity index (χ0n) is 34.1. The largest absolute Gasteiger partial charge is 0.466 e. The zero-order chi connectivity index (χ0) is 36.6. The predicted molar refractivity (Wildman–Crippen MR) is 216 cm³/mol. The molecule has 0 aliphatic heterocycles. The van der Waals surface area contributed by atoms with E-state index in [1.807, 2.05) is 0 Å². The number of hydrogen-bond donors (Lipinski definition) is 1. The summed E-state index contributed by atoms with van der Waals surface area (Å²) in [5.74, 6) is 0.0149. The van der Waals surface area contributed by atoms with Crippen molar-refractivity contribution in [2.45, 2.75) is 239 Å². The maximum Gasteiger partial charge on any atom is 0.306 e. The van der Waals surface area contributed by atoms with Gasteiger partial charge >= 0.3 is 11.9 Å². The Morgan fingerprint density at radius 3 is 1.32 bits per heavy atom. The van der Waals surface area contributed by atoms with Crippen molar-refractivity contribution in [1.29, 1.82) is 0 Å². The van der Waals surface area contributed by atoms with Gasteiger partial charge in [-0.3, -0.25) is 9.59 Å². The van der Waals surface area contributed by atoms with Crippen LogP contribution in [0, 0.1) is 0 Å². The number of unbranched alkanes of at least 4 members (excludes halogenated alkanes) is 23. The number of esters is 2. The molecule has 2 N–H and O–H groups in total. The molecule has 0 heterocycles. The van der Waals surface area contributed by atoms with Gasteiger partial charge in [-0.15, -0.1) is 0 Å². The van der Waals surface area contributed by atoms with E-state index >= 15 is 0 Å². The summed E-state index contributed by atoms with van der Waals surface area (Å²) in [5, 5.41) is 0. The Hall–Kier alpha value is -1.14. The van der Waals surface area contributed by atoms with Gasteiger partial charge < -0.3 is 20.1 Å². The number of nitrogens with zero attached hydrogens (tertiary/aromatic N) is 1. The Kier molecular flexibility index (Phi) is 39.7. The predicted octanol–water partition coefficient (Wildman–Crippen LogP) is 12.6. The quantitative estimate of drug-likeness (QED) is 0.0503. The average Bonchev–Trinajstić information content (AvgIpc) is 3.11. The van der Waals surface area contributed by atoms with Gasteiger partial charge in [0, 0.05) is 12.8 Å². The first-order valence-corrected chi connectivity index (χ1v) is 22.3. The fraction of sp³-hybridized carbons (Fsp3) is 0.955. The summed E-state index contributed by atoms with van der Waals surface area (Å²) in [4.78, 5) is 27.3. The second-order valence-electron chi connectivity index (χ2n) is 15.2. The normalized spacial score (nSPS) is 11.6. The minimum Gasteiger partial charge on any atom is -0.466 e. The Morgan fingerprint density at radius 2 is 0.840 bits per heavy atom. The molecule has 6 nitrogen and oxygen atoms in total. The van der Waals surface area contributed by atoms with E-state index in [-0.39, 0.29) is 18.0 Å². The molecule has 0 spiro atoms. The third kappa shape index (κ3) is 36.6. The summed E-state index contributed by atoms with van der Waals surface area (Å²) in [6.07, 6.45) is 38.6. The Balaban J connectivity index is 4.04. The molecule has 50 heavy (non-hydrogen) atoms. The minimum atomic E-state index is -0.0160. The lowest BCUT2D eigenvalue weighted by Gasteiger charge is -2.22. The van der Waals surface area contributed by atoms with Crippen LogP contribution < -0.4 is 5.73 Å². The lowest BCUT2D eigenvalue weighted by Crippen LogP contribution is -2.28. The Labute approximate surface area is 312 Å². The highest BCUT2D eigenvalue weighted by Crippen LogP contribution is 2.18. The average molecular weight is 709 g/mol. The van der Waals surface area contributed by atoms with Crippen LogP contribution in [0.1, 0.15) is 233 Å². The van der Waals surface area contributed by atoms with Crippen molar-refractivity contribution in [2.75, 3.05) is 32.8 Å². The number of ether oxygens (including phenoxy) is 2. The first kappa shape index (κ1) is 48.9. The van der Waals surface area contributed by atoms with Crippen molar-refractivity contribution in [1.82, 2.24) is 4.90 Å². The first-order valence-electron chi connectivity index (χ1n) is 22.3. The van der Waals surface area contributed by atoms with E-state index in [1.165, 1.54) is 148 Å². The molecule has 6 heteroatoms. The third-order valence-electron chi connectivity index (χ3n) is 10.2. The second kappa shape index (κ2) is 40.6. The number of carbonyl (C=O) groups excluding carboxylic acids is 2. The molecular weight excluding hydrogens is 620 g/mol. The van der Waals surface area contributed by atoms with E-state index in [0.29, 0.717) is 19.4 Å². The van der Waals surface area contributed by atoms with Gasteiger partial charge in [0.1, 0.15) is 6.10 Å². The van der Waals surface area contributed by atoms with Crippen molar-refractivity contribution >= 4 is 11.9 Å². The summed E-state index contributed by atoms with van der Waals surface area (Å²) in [5.41, 5.74) is 5.83. The van der Waals surface area contributed by atoms with Crippen LogP contribution >= 0.6 is 0 Å². The van der Waals surface area contributed by atoms with E-state index in [9.17, 15) is 9.59 Å². The van der Waals surface area contributed by atoms with E-state index in [0.717, 1.165) is 77.5 Å². The van der Waals surface area contributed by atoms with E-state index in [1.54, 1.807) is 0 Å². The summed E-state index contributed by atoms with van der Waals surface area (Å²) < 4.78 is 11.4. The first-order chi connectivity index (χ1) is 24.6.